The third-order valence-electron chi connectivity index (χ3n) is 3.91. The van der Waals surface area contributed by atoms with E-state index in [2.05, 4.69) is 41.1 Å². The molecule has 3 rings (SSSR count). The number of aromatic nitrogens is 3. The highest BCUT2D eigenvalue weighted by atomic mass is 28.3. The molecule has 1 fully saturated rings. The lowest BCUT2D eigenvalue weighted by Crippen LogP contribution is -2.24. The van der Waals surface area contributed by atoms with Gasteiger partial charge in [0.2, 0.25) is 0 Å². The summed E-state index contributed by atoms with van der Waals surface area (Å²) in [6, 6.07) is 0. The Labute approximate surface area is 141 Å². The van der Waals surface area contributed by atoms with Crippen molar-refractivity contribution in [3.05, 3.63) is 18.1 Å². The van der Waals surface area contributed by atoms with Gasteiger partial charge >= 0.3 is 0 Å². The highest BCUT2D eigenvalue weighted by molar-refractivity contribution is 6.83. The average molecular weight is 346 g/mol. The molecule has 0 spiro atoms. The van der Waals surface area contributed by atoms with Crippen LogP contribution in [0.15, 0.2) is 12.5 Å². The van der Waals surface area contributed by atoms with Crippen molar-refractivity contribution >= 4 is 24.9 Å². The van der Waals surface area contributed by atoms with Crippen LogP contribution >= 0.6 is 0 Å². The van der Waals surface area contributed by atoms with E-state index in [9.17, 15) is 10.2 Å². The summed E-state index contributed by atoms with van der Waals surface area (Å²) in [7, 11) is -1.55. The monoisotopic (exact) mass is 346 g/mol. The zero-order chi connectivity index (χ0) is 17.5. The summed E-state index contributed by atoms with van der Waals surface area (Å²) in [5.41, 5.74) is 10.7. The number of aliphatic hydroxyl groups is 2. The minimum absolute atomic E-state index is 0.226. The molecule has 0 unspecified atom stereocenters. The van der Waals surface area contributed by atoms with Crippen molar-refractivity contribution in [2.45, 2.75) is 44.5 Å². The molecule has 3 heterocycles. The summed E-state index contributed by atoms with van der Waals surface area (Å²) >= 11 is 0. The van der Waals surface area contributed by atoms with Crippen molar-refractivity contribution in [1.82, 2.24) is 14.5 Å². The molecular weight excluding hydrogens is 324 g/mol. The molecule has 0 bridgehead atoms. The van der Waals surface area contributed by atoms with Gasteiger partial charge in [0.15, 0.2) is 0 Å². The molecule has 0 amide bonds. The SMILES string of the molecule is C[Si](C)(C)C#Cc1cn([C@H]2C[C@@H](O)[C@@H](CO)O2)c2ncnc(N)c12. The van der Waals surface area contributed by atoms with E-state index in [1.54, 1.807) is 0 Å². The standard InChI is InChI=1S/C16H22N4O3Si/c1-24(2,3)5-4-10-7-20(13-6-11(22)12(8-21)23-13)16-14(10)15(17)18-9-19-16/h7,9,11-13,21-22H,6,8H2,1-3H3,(H2,17,18,19)/t11-,12-,13-/m1/s1. The van der Waals surface area contributed by atoms with E-state index >= 15 is 0 Å². The van der Waals surface area contributed by atoms with E-state index in [1.165, 1.54) is 6.33 Å². The second-order valence-corrected chi connectivity index (χ2v) is 11.8. The van der Waals surface area contributed by atoms with Crippen LogP contribution in [0.1, 0.15) is 18.2 Å². The highest BCUT2D eigenvalue weighted by Crippen LogP contribution is 2.33. The summed E-state index contributed by atoms with van der Waals surface area (Å²) in [5, 5.41) is 20.0. The lowest BCUT2D eigenvalue weighted by Gasteiger charge is -2.14. The summed E-state index contributed by atoms with van der Waals surface area (Å²) in [4.78, 5) is 8.38. The normalized spacial score (nSPS) is 24.1. The fourth-order valence-electron chi connectivity index (χ4n) is 2.73. The molecule has 3 atom stereocenters. The number of rotatable bonds is 2. The van der Waals surface area contributed by atoms with E-state index in [0.717, 1.165) is 5.56 Å². The van der Waals surface area contributed by atoms with E-state index in [-0.39, 0.29) is 6.61 Å². The Hall–Kier alpha value is -1.92. The maximum absolute atomic E-state index is 9.99. The van der Waals surface area contributed by atoms with Gasteiger partial charge in [-0.25, -0.2) is 9.97 Å². The van der Waals surface area contributed by atoms with Crippen molar-refractivity contribution in [2.75, 3.05) is 12.3 Å². The molecule has 128 valence electrons. The quantitative estimate of drug-likeness (QED) is 0.551. The number of nitrogen functional groups attached to an aromatic ring is 1. The summed E-state index contributed by atoms with van der Waals surface area (Å²) < 4.78 is 7.56. The topological polar surface area (TPSA) is 106 Å². The van der Waals surface area contributed by atoms with Crippen LogP contribution in [-0.2, 0) is 4.74 Å². The molecule has 0 aliphatic carbocycles. The van der Waals surface area contributed by atoms with Gasteiger partial charge in [0.25, 0.3) is 0 Å². The van der Waals surface area contributed by atoms with Crippen LogP contribution in [0, 0.1) is 11.5 Å². The smallest absolute Gasteiger partial charge is 0.148 e. The van der Waals surface area contributed by atoms with Crippen LogP contribution in [0.2, 0.25) is 19.6 Å². The van der Waals surface area contributed by atoms with Gasteiger partial charge in [0.1, 0.15) is 38.2 Å². The van der Waals surface area contributed by atoms with E-state index in [0.29, 0.717) is 23.3 Å². The van der Waals surface area contributed by atoms with Crippen LogP contribution in [-0.4, -0.2) is 51.6 Å². The molecule has 8 heteroatoms. The maximum atomic E-state index is 9.99. The molecule has 2 aromatic rings. The van der Waals surface area contributed by atoms with Crippen molar-refractivity contribution in [3.8, 4) is 11.5 Å². The first kappa shape index (κ1) is 16.9. The van der Waals surface area contributed by atoms with Gasteiger partial charge in [-0.3, -0.25) is 0 Å². The zero-order valence-corrected chi connectivity index (χ0v) is 15.0. The maximum Gasteiger partial charge on any atom is 0.148 e. The van der Waals surface area contributed by atoms with Crippen molar-refractivity contribution in [1.29, 1.82) is 0 Å². The van der Waals surface area contributed by atoms with E-state index in [1.807, 2.05) is 10.8 Å². The van der Waals surface area contributed by atoms with Gasteiger partial charge in [-0.1, -0.05) is 25.6 Å². The average Bonchev–Trinajstić information content (AvgIpc) is 3.05. The van der Waals surface area contributed by atoms with Crippen LogP contribution in [0.5, 0.6) is 0 Å². The summed E-state index contributed by atoms with van der Waals surface area (Å²) in [6.07, 6.45) is 1.89. The largest absolute Gasteiger partial charge is 0.394 e. The molecule has 0 aromatic carbocycles. The molecule has 0 radical (unpaired) electrons. The number of hydrogen-bond donors (Lipinski definition) is 3. The lowest BCUT2D eigenvalue weighted by molar-refractivity contribution is -0.0430. The predicted molar refractivity (Wildman–Crippen MR) is 93.8 cm³/mol. The fourth-order valence-corrected chi connectivity index (χ4v) is 3.24. The van der Waals surface area contributed by atoms with Crippen molar-refractivity contribution in [2.24, 2.45) is 0 Å². The number of anilines is 1. The van der Waals surface area contributed by atoms with Crippen LogP contribution in [0.3, 0.4) is 0 Å². The first-order valence-electron chi connectivity index (χ1n) is 7.88. The van der Waals surface area contributed by atoms with Crippen LogP contribution in [0.4, 0.5) is 5.82 Å². The third kappa shape index (κ3) is 3.16. The second kappa shape index (κ2) is 6.18. The van der Waals surface area contributed by atoms with Gasteiger partial charge in [0.05, 0.1) is 23.7 Å². The molecule has 1 aliphatic heterocycles. The number of ether oxygens (including phenoxy) is 1. The molecule has 24 heavy (non-hydrogen) atoms. The third-order valence-corrected chi connectivity index (χ3v) is 4.78. The van der Waals surface area contributed by atoms with E-state index in [4.69, 9.17) is 10.5 Å². The Bertz CT molecular complexity index is 818. The van der Waals surface area contributed by atoms with Gasteiger partial charge in [-0.15, -0.1) is 5.54 Å². The van der Waals surface area contributed by atoms with Gasteiger partial charge < -0.3 is 25.3 Å². The molecule has 1 aliphatic rings. The van der Waals surface area contributed by atoms with Gasteiger partial charge in [-0.05, 0) is 0 Å². The number of hydrogen-bond acceptors (Lipinski definition) is 6. The predicted octanol–water partition coefficient (Wildman–Crippen LogP) is 0.883. The van der Waals surface area contributed by atoms with Crippen LogP contribution < -0.4 is 5.73 Å². The van der Waals surface area contributed by atoms with E-state index < -0.39 is 26.5 Å². The zero-order valence-electron chi connectivity index (χ0n) is 14.0. The second-order valence-electron chi connectivity index (χ2n) is 7.02. The van der Waals surface area contributed by atoms with Crippen molar-refractivity contribution < 1.29 is 14.9 Å². The van der Waals surface area contributed by atoms with Gasteiger partial charge in [0, 0.05) is 12.6 Å². The molecule has 2 aromatic heterocycles. The number of nitrogens with two attached hydrogens (primary N) is 1. The molecule has 0 saturated carbocycles. The number of aliphatic hydroxyl groups excluding tert-OH is 2. The molecule has 7 nitrogen and oxygen atoms in total. The summed E-state index contributed by atoms with van der Waals surface area (Å²) in [5.74, 6) is 3.58. The van der Waals surface area contributed by atoms with Gasteiger partial charge in [-0.2, -0.15) is 0 Å². The highest BCUT2D eigenvalue weighted by Gasteiger charge is 2.35. The lowest BCUT2D eigenvalue weighted by atomic mass is 10.2. The number of nitrogens with zero attached hydrogens (tertiary/aromatic N) is 3. The first-order chi connectivity index (χ1) is 11.3. The van der Waals surface area contributed by atoms with Crippen LogP contribution in [0.25, 0.3) is 11.0 Å². The molecule has 1 saturated heterocycles. The molecule has 4 N–H and O–H groups in total. The Kier molecular flexibility index (Phi) is 4.36. The fraction of sp³-hybridized carbons (Fsp3) is 0.500. The summed E-state index contributed by atoms with van der Waals surface area (Å²) in [6.45, 7) is 6.28. The Morgan fingerprint density at radius 2 is 2.17 bits per heavy atom. The minimum atomic E-state index is -1.55. The van der Waals surface area contributed by atoms with Crippen molar-refractivity contribution in [3.63, 3.8) is 0 Å². The molecular formula is C16H22N4O3Si. The Morgan fingerprint density at radius 3 is 2.79 bits per heavy atom. The minimum Gasteiger partial charge on any atom is -0.394 e. The Balaban J connectivity index is 2.10. The number of fused-ring (bicyclic) bond motifs is 1. The first-order valence-corrected chi connectivity index (χ1v) is 11.4. The Morgan fingerprint density at radius 1 is 1.42 bits per heavy atom.